The number of likely N-dealkylation sites (tertiary alicyclic amines) is 1. The molecule has 1 aromatic rings. The molecule has 25 heavy (non-hydrogen) atoms. The van der Waals surface area contributed by atoms with Crippen molar-refractivity contribution in [2.45, 2.75) is 52.6 Å². The van der Waals surface area contributed by atoms with Gasteiger partial charge in [0.2, 0.25) is 11.8 Å². The fraction of sp³-hybridized carbons (Fsp3) is 0.600. The van der Waals surface area contributed by atoms with E-state index in [2.05, 4.69) is 43.5 Å². The second-order valence-electron chi connectivity index (χ2n) is 7.34. The maximum absolute atomic E-state index is 12.6. The first-order chi connectivity index (χ1) is 11.9. The lowest BCUT2D eigenvalue weighted by molar-refractivity contribution is -0.132. The Hall–Kier alpha value is -1.88. The molecule has 0 aliphatic carbocycles. The van der Waals surface area contributed by atoms with Crippen LogP contribution in [0.3, 0.4) is 0 Å². The maximum Gasteiger partial charge on any atom is 0.236 e. The maximum atomic E-state index is 12.6. The van der Waals surface area contributed by atoms with Crippen LogP contribution in [0.2, 0.25) is 0 Å². The molecule has 0 aromatic heterocycles. The highest BCUT2D eigenvalue weighted by molar-refractivity contribution is 5.78. The van der Waals surface area contributed by atoms with E-state index in [1.807, 2.05) is 17.0 Å². The highest BCUT2D eigenvalue weighted by Gasteiger charge is 2.25. The fourth-order valence-electron chi connectivity index (χ4n) is 3.56. The summed E-state index contributed by atoms with van der Waals surface area (Å²) in [6.07, 6.45) is 1.87. The lowest BCUT2D eigenvalue weighted by Crippen LogP contribution is -2.51. The van der Waals surface area contributed by atoms with Crippen molar-refractivity contribution < 1.29 is 9.59 Å². The highest BCUT2D eigenvalue weighted by Crippen LogP contribution is 2.24. The Balaban J connectivity index is 1.95. The van der Waals surface area contributed by atoms with Gasteiger partial charge in [0, 0.05) is 32.1 Å². The smallest absolute Gasteiger partial charge is 0.236 e. The third-order valence-corrected chi connectivity index (χ3v) is 4.84. The molecule has 1 aliphatic heterocycles. The number of nitrogens with one attached hydrogen (secondary N) is 2. The number of hydrogen-bond donors (Lipinski definition) is 2. The van der Waals surface area contributed by atoms with Crippen LogP contribution in [0.5, 0.6) is 0 Å². The van der Waals surface area contributed by atoms with Crippen LogP contribution >= 0.6 is 0 Å². The number of carbonyl (C=O) groups excluding carboxylic acids is 2. The number of carbonyl (C=O) groups is 2. The summed E-state index contributed by atoms with van der Waals surface area (Å²) >= 11 is 0. The van der Waals surface area contributed by atoms with Crippen molar-refractivity contribution in [1.82, 2.24) is 15.5 Å². The van der Waals surface area contributed by atoms with E-state index in [9.17, 15) is 9.59 Å². The summed E-state index contributed by atoms with van der Waals surface area (Å²) in [6.45, 7) is 9.67. The van der Waals surface area contributed by atoms with Crippen molar-refractivity contribution in [3.63, 3.8) is 0 Å². The quantitative estimate of drug-likeness (QED) is 0.832. The van der Waals surface area contributed by atoms with Gasteiger partial charge in [-0.1, -0.05) is 38.1 Å². The van der Waals surface area contributed by atoms with Gasteiger partial charge in [-0.15, -0.1) is 0 Å². The van der Waals surface area contributed by atoms with Crippen LogP contribution in [0.25, 0.3) is 0 Å². The number of benzene rings is 1. The molecule has 1 heterocycles. The van der Waals surface area contributed by atoms with E-state index in [0.717, 1.165) is 19.4 Å². The number of aryl methyl sites for hydroxylation is 1. The molecule has 1 saturated heterocycles. The van der Waals surface area contributed by atoms with Gasteiger partial charge in [0.15, 0.2) is 0 Å². The van der Waals surface area contributed by atoms with E-state index >= 15 is 0 Å². The summed E-state index contributed by atoms with van der Waals surface area (Å²) in [5.74, 6) is 0.466. The minimum atomic E-state index is -0.0307. The van der Waals surface area contributed by atoms with Gasteiger partial charge in [-0.05, 0) is 36.8 Å². The Morgan fingerprint density at radius 3 is 2.64 bits per heavy atom. The van der Waals surface area contributed by atoms with Gasteiger partial charge in [0.05, 0.1) is 6.54 Å². The number of nitrogens with zero attached hydrogens (tertiary/aromatic N) is 1. The normalized spacial score (nSPS) is 18.9. The third kappa shape index (κ3) is 5.56. The van der Waals surface area contributed by atoms with E-state index < -0.39 is 0 Å². The second-order valence-corrected chi connectivity index (χ2v) is 7.34. The second kappa shape index (κ2) is 8.99. The molecule has 5 nitrogen and oxygen atoms in total. The van der Waals surface area contributed by atoms with Crippen LogP contribution in [0.15, 0.2) is 24.3 Å². The largest absolute Gasteiger partial charge is 0.352 e. The molecule has 2 amide bonds. The van der Waals surface area contributed by atoms with Crippen LogP contribution in [-0.2, 0) is 9.59 Å². The molecule has 2 N–H and O–H groups in total. The third-order valence-electron chi connectivity index (χ3n) is 4.84. The van der Waals surface area contributed by atoms with Crippen LogP contribution in [-0.4, -0.2) is 42.4 Å². The van der Waals surface area contributed by atoms with Gasteiger partial charge in [0.25, 0.3) is 0 Å². The van der Waals surface area contributed by atoms with Crippen LogP contribution in [0.4, 0.5) is 0 Å². The topological polar surface area (TPSA) is 61.4 Å². The van der Waals surface area contributed by atoms with Crippen molar-refractivity contribution >= 4 is 11.8 Å². The first-order valence-electron chi connectivity index (χ1n) is 9.22. The Kier molecular flexibility index (Phi) is 7.00. The number of amides is 2. The molecule has 138 valence electrons. The predicted molar refractivity (Wildman–Crippen MR) is 100 cm³/mol. The minimum Gasteiger partial charge on any atom is -0.352 e. The number of piperidine rings is 1. The van der Waals surface area contributed by atoms with Gasteiger partial charge in [0.1, 0.15) is 0 Å². The van der Waals surface area contributed by atoms with Gasteiger partial charge in [-0.2, -0.15) is 0 Å². The molecule has 5 heteroatoms. The molecule has 1 fully saturated rings. The molecule has 1 aliphatic rings. The van der Waals surface area contributed by atoms with E-state index in [-0.39, 0.29) is 23.9 Å². The molecule has 0 bridgehead atoms. The van der Waals surface area contributed by atoms with Crippen LogP contribution < -0.4 is 10.6 Å². The molecular formula is C20H31N3O2. The SMILES string of the molecule is CC(=O)NC1CCCN(C(=O)CNC(c2ccccc2C)C(C)C)C1. The molecule has 1 aromatic carbocycles. The summed E-state index contributed by atoms with van der Waals surface area (Å²) in [5.41, 5.74) is 2.49. The zero-order valence-electron chi connectivity index (χ0n) is 15.8. The lowest BCUT2D eigenvalue weighted by atomic mass is 9.92. The Morgan fingerprint density at radius 2 is 2.00 bits per heavy atom. The molecule has 2 unspecified atom stereocenters. The molecular weight excluding hydrogens is 314 g/mol. The van der Waals surface area contributed by atoms with E-state index in [1.165, 1.54) is 18.1 Å². The van der Waals surface area contributed by atoms with Crippen molar-refractivity contribution in [3.8, 4) is 0 Å². The zero-order valence-corrected chi connectivity index (χ0v) is 15.8. The summed E-state index contributed by atoms with van der Waals surface area (Å²) in [6, 6.07) is 8.55. The molecule has 2 atom stereocenters. The van der Waals surface area contributed by atoms with Crippen molar-refractivity contribution in [2.24, 2.45) is 5.92 Å². The standard InChI is InChI=1S/C20H31N3O2/c1-14(2)20(18-10-6-5-8-15(18)3)21-12-19(25)23-11-7-9-17(13-23)22-16(4)24/h5-6,8,10,14,17,20-21H,7,9,11-13H2,1-4H3,(H,22,24). The highest BCUT2D eigenvalue weighted by atomic mass is 16.2. The van der Waals surface area contributed by atoms with E-state index in [0.29, 0.717) is 19.0 Å². The van der Waals surface area contributed by atoms with Crippen molar-refractivity contribution in [3.05, 3.63) is 35.4 Å². The predicted octanol–water partition coefficient (Wildman–Crippen LogP) is 2.41. The molecule has 0 radical (unpaired) electrons. The summed E-state index contributed by atoms with van der Waals surface area (Å²) in [4.78, 5) is 25.7. The van der Waals surface area contributed by atoms with E-state index in [4.69, 9.17) is 0 Å². The number of hydrogen-bond acceptors (Lipinski definition) is 3. The fourth-order valence-corrected chi connectivity index (χ4v) is 3.56. The van der Waals surface area contributed by atoms with Gasteiger partial charge >= 0.3 is 0 Å². The Bertz CT molecular complexity index is 600. The Labute approximate surface area is 151 Å². The summed E-state index contributed by atoms with van der Waals surface area (Å²) in [5, 5.41) is 6.38. The summed E-state index contributed by atoms with van der Waals surface area (Å²) in [7, 11) is 0. The van der Waals surface area contributed by atoms with Crippen LogP contribution in [0.1, 0.15) is 50.8 Å². The van der Waals surface area contributed by atoms with Crippen LogP contribution in [0, 0.1) is 12.8 Å². The van der Waals surface area contributed by atoms with Gasteiger partial charge in [-0.3, -0.25) is 9.59 Å². The first-order valence-corrected chi connectivity index (χ1v) is 9.22. The minimum absolute atomic E-state index is 0.0307. The molecule has 0 spiro atoms. The average molecular weight is 345 g/mol. The van der Waals surface area contributed by atoms with Gasteiger partial charge in [-0.25, -0.2) is 0 Å². The lowest BCUT2D eigenvalue weighted by Gasteiger charge is -2.34. The monoisotopic (exact) mass is 345 g/mol. The van der Waals surface area contributed by atoms with Crippen molar-refractivity contribution in [2.75, 3.05) is 19.6 Å². The first kappa shape index (κ1) is 19.4. The van der Waals surface area contributed by atoms with Gasteiger partial charge < -0.3 is 15.5 Å². The number of rotatable bonds is 6. The average Bonchev–Trinajstić information content (AvgIpc) is 2.55. The molecule has 2 rings (SSSR count). The van der Waals surface area contributed by atoms with Crippen molar-refractivity contribution in [1.29, 1.82) is 0 Å². The summed E-state index contributed by atoms with van der Waals surface area (Å²) < 4.78 is 0. The van der Waals surface area contributed by atoms with E-state index in [1.54, 1.807) is 0 Å². The molecule has 0 saturated carbocycles. The zero-order chi connectivity index (χ0) is 18.4. The Morgan fingerprint density at radius 1 is 1.28 bits per heavy atom.